The van der Waals surface area contributed by atoms with E-state index in [1.165, 1.54) is 5.56 Å². The van der Waals surface area contributed by atoms with E-state index in [1.807, 2.05) is 24.3 Å². The summed E-state index contributed by atoms with van der Waals surface area (Å²) in [6.07, 6.45) is -0.440. The predicted molar refractivity (Wildman–Crippen MR) is 73.2 cm³/mol. The molecule has 0 spiro atoms. The van der Waals surface area contributed by atoms with Gasteiger partial charge in [0.05, 0.1) is 6.10 Å². The number of aliphatic hydroxyl groups is 1. The molecular formula is C14H23N3O. The maximum atomic E-state index is 10.1. The topological polar surface area (TPSA) is 38.7 Å². The molecule has 0 aliphatic carbocycles. The summed E-state index contributed by atoms with van der Waals surface area (Å²) in [4.78, 5) is 2.31. The fourth-order valence-electron chi connectivity index (χ4n) is 2.09. The maximum Gasteiger partial charge on any atom is 0.0928 e. The number of hydrazine groups is 1. The number of piperazine rings is 1. The fraction of sp³-hybridized carbons (Fsp3) is 0.571. The van der Waals surface area contributed by atoms with Crippen LogP contribution in [0, 0.1) is 6.92 Å². The zero-order valence-electron chi connectivity index (χ0n) is 11.3. The number of rotatable bonds is 4. The third-order valence-electron chi connectivity index (χ3n) is 3.47. The van der Waals surface area contributed by atoms with E-state index in [0.29, 0.717) is 6.54 Å². The maximum absolute atomic E-state index is 10.1. The zero-order valence-corrected chi connectivity index (χ0v) is 11.3. The summed E-state index contributed by atoms with van der Waals surface area (Å²) >= 11 is 0. The van der Waals surface area contributed by atoms with Crippen LogP contribution in [0.4, 0.5) is 0 Å². The molecule has 1 aliphatic rings. The molecule has 18 heavy (non-hydrogen) atoms. The number of likely N-dealkylation sites (N-methyl/N-ethyl adjacent to an activating group) is 1. The Kier molecular flexibility index (Phi) is 4.72. The van der Waals surface area contributed by atoms with E-state index in [2.05, 4.69) is 29.3 Å². The van der Waals surface area contributed by atoms with Crippen molar-refractivity contribution in [1.29, 1.82) is 0 Å². The average molecular weight is 249 g/mol. The van der Waals surface area contributed by atoms with Gasteiger partial charge < -0.3 is 10.0 Å². The highest BCUT2D eigenvalue weighted by atomic mass is 16.3. The molecule has 1 unspecified atom stereocenters. The van der Waals surface area contributed by atoms with Gasteiger partial charge in [0.1, 0.15) is 0 Å². The first kappa shape index (κ1) is 13.5. The molecule has 0 radical (unpaired) electrons. The predicted octanol–water partition coefficient (Wildman–Crippen LogP) is 0.780. The molecule has 4 heteroatoms. The molecule has 0 amide bonds. The lowest BCUT2D eigenvalue weighted by Crippen LogP contribution is -2.51. The second-order valence-electron chi connectivity index (χ2n) is 5.08. The highest BCUT2D eigenvalue weighted by molar-refractivity contribution is 5.23. The smallest absolute Gasteiger partial charge is 0.0928 e. The van der Waals surface area contributed by atoms with Crippen molar-refractivity contribution in [2.75, 3.05) is 39.8 Å². The van der Waals surface area contributed by atoms with Crippen molar-refractivity contribution >= 4 is 0 Å². The number of aliphatic hydroxyl groups excluding tert-OH is 1. The number of aryl methyl sites for hydroxylation is 1. The number of hydrogen-bond acceptors (Lipinski definition) is 4. The van der Waals surface area contributed by atoms with Crippen molar-refractivity contribution in [1.82, 2.24) is 15.3 Å². The number of nitrogens with zero attached hydrogens (tertiary/aromatic N) is 2. The van der Waals surface area contributed by atoms with Crippen LogP contribution in [0.2, 0.25) is 0 Å². The molecule has 0 bridgehead atoms. The Bertz CT molecular complexity index is 358. The first-order valence-electron chi connectivity index (χ1n) is 6.57. The third-order valence-corrected chi connectivity index (χ3v) is 3.47. The van der Waals surface area contributed by atoms with Crippen LogP contribution in [0.5, 0.6) is 0 Å². The van der Waals surface area contributed by atoms with E-state index in [-0.39, 0.29) is 0 Å². The Balaban J connectivity index is 1.77. The van der Waals surface area contributed by atoms with Crippen LogP contribution in [0.15, 0.2) is 24.3 Å². The van der Waals surface area contributed by atoms with E-state index in [9.17, 15) is 5.11 Å². The Morgan fingerprint density at radius 2 is 1.78 bits per heavy atom. The molecule has 1 saturated heterocycles. The molecule has 1 fully saturated rings. The summed E-state index contributed by atoms with van der Waals surface area (Å²) in [6.45, 7) is 6.81. The van der Waals surface area contributed by atoms with E-state index < -0.39 is 6.10 Å². The van der Waals surface area contributed by atoms with Crippen molar-refractivity contribution < 1.29 is 5.11 Å². The second-order valence-corrected chi connectivity index (χ2v) is 5.08. The lowest BCUT2D eigenvalue weighted by Gasteiger charge is -2.33. The van der Waals surface area contributed by atoms with Gasteiger partial charge in [0.25, 0.3) is 0 Å². The van der Waals surface area contributed by atoms with Gasteiger partial charge in [-0.3, -0.25) is 5.43 Å². The highest BCUT2D eigenvalue weighted by Crippen LogP contribution is 2.12. The monoisotopic (exact) mass is 249 g/mol. The molecule has 1 aromatic rings. The number of hydrogen-bond donors (Lipinski definition) is 2. The molecule has 2 rings (SSSR count). The van der Waals surface area contributed by atoms with Gasteiger partial charge in [-0.1, -0.05) is 29.8 Å². The van der Waals surface area contributed by atoms with Gasteiger partial charge in [-0.05, 0) is 19.5 Å². The van der Waals surface area contributed by atoms with E-state index >= 15 is 0 Å². The van der Waals surface area contributed by atoms with Crippen LogP contribution in [-0.2, 0) is 0 Å². The highest BCUT2D eigenvalue weighted by Gasteiger charge is 2.15. The summed E-state index contributed by atoms with van der Waals surface area (Å²) in [5.74, 6) is 0. The minimum atomic E-state index is -0.440. The summed E-state index contributed by atoms with van der Waals surface area (Å²) < 4.78 is 0. The van der Waals surface area contributed by atoms with Gasteiger partial charge in [-0.15, -0.1) is 0 Å². The first-order chi connectivity index (χ1) is 8.65. The van der Waals surface area contributed by atoms with E-state index in [1.54, 1.807) is 0 Å². The van der Waals surface area contributed by atoms with Gasteiger partial charge >= 0.3 is 0 Å². The van der Waals surface area contributed by atoms with E-state index in [0.717, 1.165) is 31.7 Å². The minimum absolute atomic E-state index is 0.440. The van der Waals surface area contributed by atoms with Gasteiger partial charge in [0.15, 0.2) is 0 Å². The van der Waals surface area contributed by atoms with Crippen molar-refractivity contribution in [2.24, 2.45) is 0 Å². The molecule has 1 atom stereocenters. The third kappa shape index (κ3) is 3.78. The van der Waals surface area contributed by atoms with Gasteiger partial charge in [0, 0.05) is 32.7 Å². The Hall–Kier alpha value is -0.940. The van der Waals surface area contributed by atoms with Crippen LogP contribution < -0.4 is 5.43 Å². The Labute approximate surface area is 109 Å². The van der Waals surface area contributed by atoms with Gasteiger partial charge in [0.2, 0.25) is 0 Å². The lowest BCUT2D eigenvalue weighted by atomic mass is 10.1. The average Bonchev–Trinajstić information content (AvgIpc) is 2.38. The lowest BCUT2D eigenvalue weighted by molar-refractivity contribution is 0.0744. The zero-order chi connectivity index (χ0) is 13.0. The summed E-state index contributed by atoms with van der Waals surface area (Å²) in [7, 11) is 2.14. The largest absolute Gasteiger partial charge is 0.387 e. The van der Waals surface area contributed by atoms with Crippen LogP contribution in [0.1, 0.15) is 17.2 Å². The van der Waals surface area contributed by atoms with Gasteiger partial charge in [-0.2, -0.15) is 0 Å². The van der Waals surface area contributed by atoms with Crippen molar-refractivity contribution in [3.05, 3.63) is 35.4 Å². The van der Waals surface area contributed by atoms with E-state index in [4.69, 9.17) is 0 Å². The Morgan fingerprint density at radius 1 is 1.17 bits per heavy atom. The minimum Gasteiger partial charge on any atom is -0.387 e. The summed E-state index contributed by atoms with van der Waals surface area (Å²) in [5.41, 5.74) is 5.51. The molecule has 1 aliphatic heterocycles. The Morgan fingerprint density at radius 3 is 2.39 bits per heavy atom. The molecule has 0 aromatic heterocycles. The first-order valence-corrected chi connectivity index (χ1v) is 6.57. The second kappa shape index (κ2) is 6.29. The molecular weight excluding hydrogens is 226 g/mol. The van der Waals surface area contributed by atoms with Crippen LogP contribution in [-0.4, -0.2) is 54.8 Å². The molecule has 1 aromatic carbocycles. The number of benzene rings is 1. The standard InChI is InChI=1S/C14H23N3O/c1-12-3-5-13(6-4-12)14(18)11-15-17-9-7-16(2)8-10-17/h3-6,14-15,18H,7-11H2,1-2H3. The molecule has 100 valence electrons. The molecule has 4 nitrogen and oxygen atoms in total. The van der Waals surface area contributed by atoms with Gasteiger partial charge in [-0.25, -0.2) is 5.01 Å². The van der Waals surface area contributed by atoms with Crippen LogP contribution in [0.3, 0.4) is 0 Å². The summed E-state index contributed by atoms with van der Waals surface area (Å²) in [5, 5.41) is 12.3. The van der Waals surface area contributed by atoms with Crippen LogP contribution >= 0.6 is 0 Å². The SMILES string of the molecule is Cc1ccc(C(O)CNN2CCN(C)CC2)cc1. The van der Waals surface area contributed by atoms with Crippen molar-refractivity contribution in [3.8, 4) is 0 Å². The molecule has 2 N–H and O–H groups in total. The van der Waals surface area contributed by atoms with Crippen molar-refractivity contribution in [2.45, 2.75) is 13.0 Å². The molecule has 0 saturated carbocycles. The number of nitrogens with one attached hydrogen (secondary N) is 1. The van der Waals surface area contributed by atoms with Crippen molar-refractivity contribution in [3.63, 3.8) is 0 Å². The molecule has 1 heterocycles. The van der Waals surface area contributed by atoms with Crippen LogP contribution in [0.25, 0.3) is 0 Å². The summed E-state index contributed by atoms with van der Waals surface area (Å²) in [6, 6.07) is 8.06. The normalized spacial score (nSPS) is 19.9. The fourth-order valence-corrected chi connectivity index (χ4v) is 2.09. The quantitative estimate of drug-likeness (QED) is 0.827.